The zero-order valence-electron chi connectivity index (χ0n) is 13.0. The van der Waals surface area contributed by atoms with E-state index in [0.29, 0.717) is 0 Å². The van der Waals surface area contributed by atoms with Crippen molar-refractivity contribution >= 4 is 35.6 Å². The highest BCUT2D eigenvalue weighted by atomic mass is 127. The number of guanidine groups is 1. The van der Waals surface area contributed by atoms with Gasteiger partial charge in [0.1, 0.15) is 0 Å². The summed E-state index contributed by atoms with van der Waals surface area (Å²) in [6, 6.07) is 5.59. The third-order valence-electron chi connectivity index (χ3n) is 3.13. The van der Waals surface area contributed by atoms with Gasteiger partial charge in [0.15, 0.2) is 11.7 Å². The molecule has 0 unspecified atom stereocenters. The van der Waals surface area contributed by atoms with Gasteiger partial charge < -0.3 is 15.8 Å². The molecule has 1 aromatic heterocycles. The predicted molar refractivity (Wildman–Crippen MR) is 95.4 cm³/mol. The van der Waals surface area contributed by atoms with Gasteiger partial charge in [-0.05, 0) is 19.1 Å². The van der Waals surface area contributed by atoms with Crippen LogP contribution in [-0.2, 0) is 13.6 Å². The van der Waals surface area contributed by atoms with Crippen LogP contribution in [-0.4, -0.2) is 22.1 Å². The number of para-hydroxylation sites is 2. The van der Waals surface area contributed by atoms with Crippen LogP contribution in [0.15, 0.2) is 35.5 Å². The quantitative estimate of drug-likeness (QED) is 0.422. The Balaban J connectivity index is 0.00000288. The molecule has 0 spiro atoms. The molecule has 2 rings (SSSR count). The van der Waals surface area contributed by atoms with Gasteiger partial charge in [-0.15, -0.1) is 37.1 Å². The minimum absolute atomic E-state index is 0. The average molecular weight is 455 g/mol. The molecule has 3 N–H and O–H groups in total. The highest BCUT2D eigenvalue weighted by Crippen LogP contribution is 2.29. The van der Waals surface area contributed by atoms with Crippen LogP contribution >= 0.6 is 24.0 Å². The second-order valence-electron chi connectivity index (χ2n) is 4.75. The summed E-state index contributed by atoms with van der Waals surface area (Å²) in [5.74, 6) is -0.401. The summed E-state index contributed by atoms with van der Waals surface area (Å²) in [6.45, 7) is 2.15. The number of hydrogen-bond donors (Lipinski definition) is 2. The van der Waals surface area contributed by atoms with Gasteiger partial charge in [0.2, 0.25) is 0 Å². The Hall–Kier alpha value is -1.98. The average Bonchev–Trinajstić information content (AvgIpc) is 2.77. The molecule has 6 nitrogen and oxygen atoms in total. The topological polar surface area (TPSA) is 77.5 Å². The number of nitrogens with two attached hydrogens (primary N) is 1. The number of aryl methyl sites for hydroxylation is 1. The van der Waals surface area contributed by atoms with Gasteiger partial charge in [-0.3, -0.25) is 4.68 Å². The molecule has 0 atom stereocenters. The van der Waals surface area contributed by atoms with E-state index in [2.05, 4.69) is 20.1 Å². The van der Waals surface area contributed by atoms with Gasteiger partial charge in [0, 0.05) is 18.3 Å². The summed E-state index contributed by atoms with van der Waals surface area (Å²) in [7, 11) is 1.80. The zero-order valence-corrected chi connectivity index (χ0v) is 15.3. The van der Waals surface area contributed by atoms with E-state index in [-0.39, 0.29) is 47.9 Å². The van der Waals surface area contributed by atoms with Crippen molar-refractivity contribution in [1.82, 2.24) is 9.78 Å². The molecule has 0 aliphatic rings. The Labute approximate surface area is 153 Å². The SMILES string of the molecule is Cc1c(CN=C(N)Nc2ccccc2OC(F)(F)F)cnn1C.I. The molecule has 0 aliphatic heterocycles. The van der Waals surface area contributed by atoms with Gasteiger partial charge in [-0.25, -0.2) is 4.99 Å². The molecule has 0 amide bonds. The van der Waals surface area contributed by atoms with E-state index in [4.69, 9.17) is 5.73 Å². The van der Waals surface area contributed by atoms with Gasteiger partial charge in [0.25, 0.3) is 0 Å². The van der Waals surface area contributed by atoms with Gasteiger partial charge in [-0.2, -0.15) is 5.10 Å². The van der Waals surface area contributed by atoms with Crippen molar-refractivity contribution in [1.29, 1.82) is 0 Å². The summed E-state index contributed by atoms with van der Waals surface area (Å²) in [4.78, 5) is 4.09. The molecule has 0 radical (unpaired) electrons. The summed E-state index contributed by atoms with van der Waals surface area (Å²) in [5, 5.41) is 6.68. The largest absolute Gasteiger partial charge is 0.573 e. The van der Waals surface area contributed by atoms with Gasteiger partial charge in [-0.1, -0.05) is 12.1 Å². The number of aliphatic imine (C=N–C) groups is 1. The van der Waals surface area contributed by atoms with E-state index >= 15 is 0 Å². The van der Waals surface area contributed by atoms with Crippen LogP contribution in [0.25, 0.3) is 0 Å². The van der Waals surface area contributed by atoms with E-state index in [1.54, 1.807) is 24.0 Å². The summed E-state index contributed by atoms with van der Waals surface area (Å²) in [6.07, 6.45) is -3.12. The Kier molecular flexibility index (Phi) is 6.87. The lowest BCUT2D eigenvalue weighted by Crippen LogP contribution is -2.24. The smallest absolute Gasteiger partial charge is 0.404 e. The Morgan fingerprint density at radius 2 is 2.04 bits per heavy atom. The number of nitrogens with zero attached hydrogens (tertiary/aromatic N) is 3. The molecule has 0 fully saturated rings. The fraction of sp³-hybridized carbons (Fsp3) is 0.286. The first-order valence-electron chi connectivity index (χ1n) is 6.65. The lowest BCUT2D eigenvalue weighted by Gasteiger charge is -2.14. The molecule has 0 bridgehead atoms. The minimum atomic E-state index is -4.78. The van der Waals surface area contributed by atoms with Crippen LogP contribution in [0.4, 0.5) is 18.9 Å². The maximum Gasteiger partial charge on any atom is 0.573 e. The third kappa shape index (κ3) is 5.58. The van der Waals surface area contributed by atoms with Crippen LogP contribution in [0, 0.1) is 6.92 Å². The second-order valence-corrected chi connectivity index (χ2v) is 4.75. The molecule has 1 aromatic carbocycles. The van der Waals surface area contributed by atoms with Crippen LogP contribution in [0.5, 0.6) is 5.75 Å². The molecule has 132 valence electrons. The fourth-order valence-electron chi connectivity index (χ4n) is 1.83. The molecule has 10 heteroatoms. The lowest BCUT2D eigenvalue weighted by molar-refractivity contribution is -0.274. The molecular weight excluding hydrogens is 438 g/mol. The van der Waals surface area contributed by atoms with Gasteiger partial charge in [0.05, 0.1) is 18.4 Å². The molecule has 0 saturated heterocycles. The minimum Gasteiger partial charge on any atom is -0.404 e. The normalized spacial score (nSPS) is 11.8. The Bertz CT molecular complexity index is 715. The molecule has 24 heavy (non-hydrogen) atoms. The highest BCUT2D eigenvalue weighted by molar-refractivity contribution is 14.0. The van der Waals surface area contributed by atoms with E-state index < -0.39 is 6.36 Å². The third-order valence-corrected chi connectivity index (χ3v) is 3.13. The molecule has 2 aromatic rings. The van der Waals surface area contributed by atoms with Crippen molar-refractivity contribution in [3.63, 3.8) is 0 Å². The predicted octanol–water partition coefficient (Wildman–Crippen LogP) is 3.17. The lowest BCUT2D eigenvalue weighted by atomic mass is 10.2. The first-order chi connectivity index (χ1) is 10.8. The van der Waals surface area contributed by atoms with Crippen LogP contribution in [0.2, 0.25) is 0 Å². The van der Waals surface area contributed by atoms with Crippen molar-refractivity contribution in [3.8, 4) is 5.75 Å². The molecular formula is C14H17F3IN5O. The van der Waals surface area contributed by atoms with Crippen molar-refractivity contribution < 1.29 is 17.9 Å². The number of rotatable bonds is 4. The number of aromatic nitrogens is 2. The summed E-state index contributed by atoms with van der Waals surface area (Å²) >= 11 is 0. The van der Waals surface area contributed by atoms with Crippen LogP contribution in [0.1, 0.15) is 11.3 Å². The molecule has 0 saturated carbocycles. The number of anilines is 1. The van der Waals surface area contributed by atoms with Crippen molar-refractivity contribution in [2.75, 3.05) is 5.32 Å². The highest BCUT2D eigenvalue weighted by Gasteiger charge is 2.32. The van der Waals surface area contributed by atoms with Crippen LogP contribution < -0.4 is 15.8 Å². The maximum atomic E-state index is 12.4. The maximum absolute atomic E-state index is 12.4. The number of nitrogens with one attached hydrogen (secondary N) is 1. The zero-order chi connectivity index (χ0) is 17.0. The van der Waals surface area contributed by atoms with E-state index in [1.807, 2.05) is 6.92 Å². The van der Waals surface area contributed by atoms with E-state index in [9.17, 15) is 13.2 Å². The molecule has 1 heterocycles. The van der Waals surface area contributed by atoms with E-state index in [1.165, 1.54) is 18.2 Å². The number of hydrogen-bond acceptors (Lipinski definition) is 3. The van der Waals surface area contributed by atoms with Crippen molar-refractivity contribution in [2.45, 2.75) is 19.8 Å². The van der Waals surface area contributed by atoms with E-state index in [0.717, 1.165) is 11.3 Å². The standard InChI is InChI=1S/C14H16F3N5O.HI/c1-9-10(8-20-22(9)2)7-19-13(18)21-11-5-3-4-6-12(11)23-14(15,16)17;/h3-6,8H,7H2,1-2H3,(H3,18,19,21);1H. The number of halogens is 4. The van der Waals surface area contributed by atoms with Crippen LogP contribution in [0.3, 0.4) is 0 Å². The number of alkyl halides is 3. The Morgan fingerprint density at radius 3 is 2.62 bits per heavy atom. The molecule has 0 aliphatic carbocycles. The number of ether oxygens (including phenoxy) is 1. The fourth-order valence-corrected chi connectivity index (χ4v) is 1.83. The summed E-state index contributed by atoms with van der Waals surface area (Å²) < 4.78 is 42.7. The number of benzene rings is 1. The summed E-state index contributed by atoms with van der Waals surface area (Å²) in [5.41, 5.74) is 7.60. The second kappa shape index (κ2) is 8.22. The van der Waals surface area contributed by atoms with Crippen molar-refractivity contribution in [2.24, 2.45) is 17.8 Å². The monoisotopic (exact) mass is 455 g/mol. The first-order valence-corrected chi connectivity index (χ1v) is 6.65. The van der Waals surface area contributed by atoms with Crippen molar-refractivity contribution in [3.05, 3.63) is 41.7 Å². The first kappa shape index (κ1) is 20.1. The Morgan fingerprint density at radius 1 is 1.38 bits per heavy atom. The van der Waals surface area contributed by atoms with Gasteiger partial charge >= 0.3 is 6.36 Å².